The summed E-state index contributed by atoms with van der Waals surface area (Å²) in [6.45, 7) is 7.68. The number of nitrogens with one attached hydrogen (secondary N) is 1. The normalized spacial score (nSPS) is 13.3. The molecule has 0 saturated heterocycles. The number of aromatic nitrogens is 3. The molecule has 0 fully saturated rings. The van der Waals surface area contributed by atoms with Gasteiger partial charge in [-0.1, -0.05) is 38.6 Å². The number of thioether (sulfide) groups is 1. The van der Waals surface area contributed by atoms with E-state index in [2.05, 4.69) is 36.3 Å². The topological polar surface area (TPSA) is 42.2 Å². The second-order valence-corrected chi connectivity index (χ2v) is 6.17. The molecule has 4 nitrogen and oxygen atoms in total. The molecule has 2 heterocycles. The molecular formula is C14H22N4S. The maximum Gasteiger partial charge on any atom is 0.195 e. The van der Waals surface area contributed by atoms with Crippen LogP contribution in [0, 0.1) is 0 Å². The number of nitrogens with zero attached hydrogens (tertiary/aromatic N) is 3. The Kier molecular flexibility index (Phi) is 5.22. The van der Waals surface area contributed by atoms with Crippen molar-refractivity contribution in [3.8, 4) is 0 Å². The molecule has 0 radical (unpaired) electrons. The summed E-state index contributed by atoms with van der Waals surface area (Å²) in [6, 6.07) is 6.59. The fraction of sp³-hybridized carbons (Fsp3) is 0.571. The first kappa shape index (κ1) is 14.3. The van der Waals surface area contributed by atoms with Crippen LogP contribution in [0.5, 0.6) is 0 Å². The molecule has 0 amide bonds. The number of pyridine rings is 1. The number of rotatable bonds is 7. The highest BCUT2D eigenvalue weighted by atomic mass is 32.2. The van der Waals surface area contributed by atoms with Crippen molar-refractivity contribution in [3.63, 3.8) is 0 Å². The van der Waals surface area contributed by atoms with Crippen molar-refractivity contribution < 1.29 is 0 Å². The van der Waals surface area contributed by atoms with E-state index in [-0.39, 0.29) is 0 Å². The van der Waals surface area contributed by atoms with E-state index >= 15 is 0 Å². The van der Waals surface area contributed by atoms with E-state index in [9.17, 15) is 0 Å². The Labute approximate surface area is 119 Å². The summed E-state index contributed by atoms with van der Waals surface area (Å²) in [7, 11) is 0. The van der Waals surface area contributed by atoms with Gasteiger partial charge in [-0.05, 0) is 25.0 Å². The van der Waals surface area contributed by atoms with Crippen molar-refractivity contribution >= 4 is 17.4 Å². The van der Waals surface area contributed by atoms with E-state index in [0.717, 1.165) is 17.3 Å². The molecule has 1 atom stereocenters. The molecule has 0 bridgehead atoms. The first-order chi connectivity index (χ1) is 9.24. The fourth-order valence-electron chi connectivity index (χ4n) is 2.03. The summed E-state index contributed by atoms with van der Waals surface area (Å²) in [5.74, 6) is 0. The van der Waals surface area contributed by atoms with Crippen LogP contribution in [0.2, 0.25) is 0 Å². The van der Waals surface area contributed by atoms with Gasteiger partial charge in [-0.25, -0.2) is 0 Å². The second-order valence-electron chi connectivity index (χ2n) is 4.76. The van der Waals surface area contributed by atoms with Gasteiger partial charge < -0.3 is 5.32 Å². The Morgan fingerprint density at radius 1 is 1.26 bits per heavy atom. The van der Waals surface area contributed by atoms with Gasteiger partial charge >= 0.3 is 0 Å². The molecule has 2 aromatic heterocycles. The van der Waals surface area contributed by atoms with Crippen LogP contribution in [-0.4, -0.2) is 32.4 Å². The van der Waals surface area contributed by atoms with Crippen LogP contribution in [0.25, 0.3) is 5.65 Å². The summed E-state index contributed by atoms with van der Waals surface area (Å²) in [6.07, 6.45) is 4.38. The lowest BCUT2D eigenvalue weighted by Gasteiger charge is -2.17. The average molecular weight is 278 g/mol. The number of fused-ring (bicyclic) bond motifs is 1. The summed E-state index contributed by atoms with van der Waals surface area (Å²) in [4.78, 5) is 0. The van der Waals surface area contributed by atoms with Crippen molar-refractivity contribution in [2.24, 2.45) is 0 Å². The molecule has 0 aliphatic carbocycles. The smallest absolute Gasteiger partial charge is 0.195 e. The summed E-state index contributed by atoms with van der Waals surface area (Å²) >= 11 is 1.77. The van der Waals surface area contributed by atoms with Crippen molar-refractivity contribution in [2.45, 2.75) is 50.1 Å². The fourth-order valence-corrected chi connectivity index (χ4v) is 2.93. The molecule has 1 N–H and O–H groups in total. The van der Waals surface area contributed by atoms with Crippen molar-refractivity contribution in [2.75, 3.05) is 6.54 Å². The lowest BCUT2D eigenvalue weighted by Crippen LogP contribution is -2.32. The largest absolute Gasteiger partial charge is 0.313 e. The first-order valence-corrected chi connectivity index (χ1v) is 7.82. The molecule has 0 spiro atoms. The van der Waals surface area contributed by atoms with Gasteiger partial charge in [-0.3, -0.25) is 4.40 Å². The van der Waals surface area contributed by atoms with Gasteiger partial charge in [-0.2, -0.15) is 0 Å². The zero-order chi connectivity index (χ0) is 13.7. The van der Waals surface area contributed by atoms with Gasteiger partial charge in [-0.15, -0.1) is 10.2 Å². The third-order valence-corrected chi connectivity index (χ3v) is 4.33. The van der Waals surface area contributed by atoms with E-state index in [0.29, 0.717) is 11.3 Å². The zero-order valence-corrected chi connectivity index (χ0v) is 12.7. The molecule has 2 aromatic rings. The Morgan fingerprint density at radius 2 is 2.05 bits per heavy atom. The third-order valence-electron chi connectivity index (χ3n) is 3.27. The second kappa shape index (κ2) is 6.91. The zero-order valence-electron chi connectivity index (χ0n) is 11.8. The molecule has 19 heavy (non-hydrogen) atoms. The van der Waals surface area contributed by atoms with Crippen LogP contribution in [0.3, 0.4) is 0 Å². The minimum absolute atomic E-state index is 0.480. The van der Waals surface area contributed by atoms with Crippen LogP contribution in [0.1, 0.15) is 33.6 Å². The molecular weight excluding hydrogens is 256 g/mol. The Balaban J connectivity index is 1.93. The molecule has 5 heteroatoms. The lowest BCUT2D eigenvalue weighted by molar-refractivity contribution is 0.487. The van der Waals surface area contributed by atoms with Crippen LogP contribution in [0.4, 0.5) is 0 Å². The standard InChI is InChI=1S/C14H22N4S/c1-4-12(5-2)15-10-11(3)19-14-17-16-13-8-6-7-9-18(13)14/h6-9,11-12,15H,4-5,10H2,1-3H3. The van der Waals surface area contributed by atoms with E-state index in [1.54, 1.807) is 11.8 Å². The van der Waals surface area contributed by atoms with Gasteiger partial charge in [0.05, 0.1) is 0 Å². The monoisotopic (exact) mass is 278 g/mol. The molecule has 0 aromatic carbocycles. The van der Waals surface area contributed by atoms with Gasteiger partial charge in [0, 0.05) is 24.0 Å². The number of hydrogen-bond donors (Lipinski definition) is 1. The first-order valence-electron chi connectivity index (χ1n) is 6.94. The predicted octanol–water partition coefficient (Wildman–Crippen LogP) is 2.99. The highest BCUT2D eigenvalue weighted by Crippen LogP contribution is 2.21. The van der Waals surface area contributed by atoms with Crippen LogP contribution < -0.4 is 5.32 Å². The molecule has 1 unspecified atom stereocenters. The van der Waals surface area contributed by atoms with Crippen LogP contribution in [-0.2, 0) is 0 Å². The highest BCUT2D eigenvalue weighted by molar-refractivity contribution is 7.99. The molecule has 0 saturated carbocycles. The predicted molar refractivity (Wildman–Crippen MR) is 80.7 cm³/mol. The summed E-state index contributed by atoms with van der Waals surface area (Å²) in [5, 5.41) is 13.5. The SMILES string of the molecule is CCC(CC)NCC(C)Sc1nnc2ccccn12. The Hall–Kier alpha value is -1.07. The van der Waals surface area contributed by atoms with Crippen molar-refractivity contribution in [1.82, 2.24) is 19.9 Å². The highest BCUT2D eigenvalue weighted by Gasteiger charge is 2.12. The van der Waals surface area contributed by atoms with Gasteiger partial charge in [0.25, 0.3) is 0 Å². The van der Waals surface area contributed by atoms with Gasteiger partial charge in [0.15, 0.2) is 10.8 Å². The minimum atomic E-state index is 0.480. The maximum atomic E-state index is 4.25. The Bertz CT molecular complexity index is 507. The number of hydrogen-bond acceptors (Lipinski definition) is 4. The van der Waals surface area contributed by atoms with Crippen molar-refractivity contribution in [3.05, 3.63) is 24.4 Å². The van der Waals surface area contributed by atoms with E-state index < -0.39 is 0 Å². The summed E-state index contributed by atoms with van der Waals surface area (Å²) < 4.78 is 2.04. The van der Waals surface area contributed by atoms with E-state index in [4.69, 9.17) is 0 Å². The quantitative estimate of drug-likeness (QED) is 0.791. The van der Waals surface area contributed by atoms with Crippen molar-refractivity contribution in [1.29, 1.82) is 0 Å². The van der Waals surface area contributed by atoms with E-state index in [1.165, 1.54) is 12.8 Å². The molecule has 104 valence electrons. The maximum absolute atomic E-state index is 4.25. The minimum Gasteiger partial charge on any atom is -0.313 e. The van der Waals surface area contributed by atoms with Crippen LogP contribution in [0.15, 0.2) is 29.6 Å². The lowest BCUT2D eigenvalue weighted by atomic mass is 10.2. The van der Waals surface area contributed by atoms with Gasteiger partial charge in [0.1, 0.15) is 0 Å². The molecule has 0 aliphatic heterocycles. The van der Waals surface area contributed by atoms with Gasteiger partial charge in [0.2, 0.25) is 0 Å². The molecule has 2 rings (SSSR count). The third kappa shape index (κ3) is 3.70. The molecule has 0 aliphatic rings. The Morgan fingerprint density at radius 3 is 2.79 bits per heavy atom. The van der Waals surface area contributed by atoms with Crippen LogP contribution >= 0.6 is 11.8 Å². The average Bonchev–Trinajstić information content (AvgIpc) is 2.83. The summed E-state index contributed by atoms with van der Waals surface area (Å²) in [5.41, 5.74) is 0.908. The van der Waals surface area contributed by atoms with E-state index in [1.807, 2.05) is 28.8 Å².